The Morgan fingerprint density at radius 3 is 2.57 bits per heavy atom. The van der Waals surface area contributed by atoms with Crippen LogP contribution in [-0.4, -0.2) is 28.3 Å². The second kappa shape index (κ2) is 9.65. The highest BCUT2D eigenvalue weighted by molar-refractivity contribution is 5.91. The van der Waals surface area contributed by atoms with Crippen molar-refractivity contribution in [1.29, 1.82) is 0 Å². The van der Waals surface area contributed by atoms with Crippen molar-refractivity contribution < 1.29 is 37.3 Å². The third-order valence-corrected chi connectivity index (χ3v) is 5.37. The molecule has 0 saturated carbocycles. The van der Waals surface area contributed by atoms with Crippen LogP contribution >= 0.6 is 0 Å². The predicted molar refractivity (Wildman–Crippen MR) is 120 cm³/mol. The van der Waals surface area contributed by atoms with Gasteiger partial charge in [-0.25, -0.2) is 14.2 Å². The lowest BCUT2D eigenvalue weighted by Crippen LogP contribution is -2.25. The zero-order valence-corrected chi connectivity index (χ0v) is 18.6. The van der Waals surface area contributed by atoms with Gasteiger partial charge in [0, 0.05) is 12.0 Å². The lowest BCUT2D eigenvalue weighted by atomic mass is 10.0. The van der Waals surface area contributed by atoms with Crippen molar-refractivity contribution in [2.24, 2.45) is 0 Å². The van der Waals surface area contributed by atoms with E-state index in [1.165, 1.54) is 24.3 Å². The molecule has 1 aromatic heterocycles. The standard InChI is InChI=1S/C25H21F3N2O5/c1-14-6-9-21(30-23(14)16-11-17(24(32)33)13-18(26)12-16)29-22(31)5-3-2-4-15-7-8-19-20(10-15)35-25(27,28)34-19/h6-13H,2-5H2,1H3,(H,32,33)(H,29,30,31). The van der Waals surface area contributed by atoms with Crippen LogP contribution in [-0.2, 0) is 11.2 Å². The van der Waals surface area contributed by atoms with Crippen LogP contribution in [0.4, 0.5) is 19.0 Å². The molecule has 7 nitrogen and oxygen atoms in total. The maximum atomic E-state index is 13.9. The first-order valence-corrected chi connectivity index (χ1v) is 10.8. The number of aromatic carboxylic acids is 1. The predicted octanol–water partition coefficient (Wildman–Crippen LogP) is 5.57. The van der Waals surface area contributed by atoms with E-state index in [1.54, 1.807) is 25.1 Å². The summed E-state index contributed by atoms with van der Waals surface area (Å²) in [4.78, 5) is 28.0. The summed E-state index contributed by atoms with van der Waals surface area (Å²) in [6, 6.07) is 11.3. The number of aromatic nitrogens is 1. The Morgan fingerprint density at radius 1 is 1.03 bits per heavy atom. The molecule has 1 amide bonds. The number of carbonyl (C=O) groups excluding carboxylic acids is 1. The Kier molecular flexibility index (Phi) is 6.63. The number of rotatable bonds is 8. The molecule has 1 aliphatic heterocycles. The van der Waals surface area contributed by atoms with Gasteiger partial charge >= 0.3 is 12.3 Å². The highest BCUT2D eigenvalue weighted by Crippen LogP contribution is 2.41. The number of anilines is 1. The molecule has 35 heavy (non-hydrogen) atoms. The minimum atomic E-state index is -3.66. The number of aryl methyl sites for hydroxylation is 2. The smallest absolute Gasteiger partial charge is 0.478 e. The Morgan fingerprint density at radius 2 is 1.80 bits per heavy atom. The van der Waals surface area contributed by atoms with E-state index in [0.717, 1.165) is 11.6 Å². The number of ether oxygens (including phenoxy) is 2. The largest absolute Gasteiger partial charge is 0.586 e. The van der Waals surface area contributed by atoms with Gasteiger partial charge in [0.25, 0.3) is 0 Å². The number of nitrogens with zero attached hydrogens (tertiary/aromatic N) is 1. The first-order chi connectivity index (χ1) is 16.6. The monoisotopic (exact) mass is 486 g/mol. The van der Waals surface area contributed by atoms with Crippen molar-refractivity contribution in [3.05, 3.63) is 71.0 Å². The molecule has 3 aromatic rings. The first kappa shape index (κ1) is 24.1. The van der Waals surface area contributed by atoms with E-state index in [2.05, 4.69) is 19.8 Å². The van der Waals surface area contributed by atoms with Gasteiger partial charge in [0.15, 0.2) is 11.5 Å². The molecule has 1 aliphatic rings. The molecule has 0 bridgehead atoms. The molecule has 4 rings (SSSR count). The van der Waals surface area contributed by atoms with Crippen molar-refractivity contribution in [2.45, 2.75) is 38.9 Å². The molecule has 0 unspecified atom stereocenters. The van der Waals surface area contributed by atoms with E-state index in [-0.39, 0.29) is 40.8 Å². The SMILES string of the molecule is Cc1ccc(NC(=O)CCCCc2ccc3c(c2)OC(F)(F)O3)nc1-c1cc(F)cc(C(=O)O)c1. The number of hydrogen-bond donors (Lipinski definition) is 2. The molecule has 0 radical (unpaired) electrons. The Labute approximate surface area is 198 Å². The number of unbranched alkanes of at least 4 members (excludes halogenated alkanes) is 1. The summed E-state index contributed by atoms with van der Waals surface area (Å²) >= 11 is 0. The maximum absolute atomic E-state index is 13.9. The van der Waals surface area contributed by atoms with Gasteiger partial charge in [0.1, 0.15) is 11.6 Å². The molecular weight excluding hydrogens is 465 g/mol. The summed E-state index contributed by atoms with van der Waals surface area (Å²) in [5.74, 6) is -2.00. The minimum absolute atomic E-state index is 0.0134. The number of benzene rings is 2. The van der Waals surface area contributed by atoms with Crippen LogP contribution in [0.25, 0.3) is 11.3 Å². The van der Waals surface area contributed by atoms with Gasteiger partial charge in [0.05, 0.1) is 11.3 Å². The second-order valence-corrected chi connectivity index (χ2v) is 8.10. The van der Waals surface area contributed by atoms with Crippen LogP contribution in [0, 0.1) is 12.7 Å². The van der Waals surface area contributed by atoms with Gasteiger partial charge in [-0.05, 0) is 73.7 Å². The lowest BCUT2D eigenvalue weighted by molar-refractivity contribution is -0.286. The maximum Gasteiger partial charge on any atom is 0.586 e. The fraction of sp³-hybridized carbons (Fsp3) is 0.240. The van der Waals surface area contributed by atoms with E-state index < -0.39 is 18.1 Å². The molecule has 0 atom stereocenters. The minimum Gasteiger partial charge on any atom is -0.478 e. The molecule has 0 aliphatic carbocycles. The van der Waals surface area contributed by atoms with Gasteiger partial charge in [0.2, 0.25) is 5.91 Å². The highest BCUT2D eigenvalue weighted by Gasteiger charge is 2.43. The van der Waals surface area contributed by atoms with Gasteiger partial charge in [-0.1, -0.05) is 12.1 Å². The molecule has 0 spiro atoms. The second-order valence-electron chi connectivity index (χ2n) is 8.10. The highest BCUT2D eigenvalue weighted by atomic mass is 19.3. The number of halogens is 3. The Bertz CT molecular complexity index is 1300. The van der Waals surface area contributed by atoms with Gasteiger partial charge in [-0.15, -0.1) is 8.78 Å². The molecule has 2 N–H and O–H groups in total. The van der Waals surface area contributed by atoms with Crippen molar-refractivity contribution in [2.75, 3.05) is 5.32 Å². The summed E-state index contributed by atoms with van der Waals surface area (Å²) in [6.07, 6.45) is -1.71. The fourth-order valence-corrected chi connectivity index (χ4v) is 3.71. The van der Waals surface area contributed by atoms with Crippen molar-refractivity contribution in [3.8, 4) is 22.8 Å². The number of nitrogens with one attached hydrogen (secondary N) is 1. The van der Waals surface area contributed by atoms with Gasteiger partial charge in [-0.2, -0.15) is 0 Å². The molecule has 0 fully saturated rings. The zero-order chi connectivity index (χ0) is 25.2. The molecule has 2 aromatic carbocycles. The molecule has 2 heterocycles. The number of carboxylic acid groups (broad SMARTS) is 1. The number of fused-ring (bicyclic) bond motifs is 1. The summed E-state index contributed by atoms with van der Waals surface area (Å²) in [5, 5.41) is 11.9. The number of carboxylic acids is 1. The molecular formula is C25H21F3N2O5. The Hall–Kier alpha value is -4.08. The van der Waals surface area contributed by atoms with E-state index in [9.17, 15) is 27.9 Å². The van der Waals surface area contributed by atoms with Crippen LogP contribution in [0.2, 0.25) is 0 Å². The third-order valence-electron chi connectivity index (χ3n) is 5.37. The van der Waals surface area contributed by atoms with Gasteiger partial charge < -0.3 is 19.9 Å². The van der Waals surface area contributed by atoms with Gasteiger partial charge in [-0.3, -0.25) is 4.79 Å². The van der Waals surface area contributed by atoms with E-state index in [1.807, 2.05) is 0 Å². The summed E-state index contributed by atoms with van der Waals surface area (Å²) in [5.41, 5.74) is 1.92. The van der Waals surface area contributed by atoms with Crippen LogP contribution < -0.4 is 14.8 Å². The quantitative estimate of drug-likeness (QED) is 0.404. The van der Waals surface area contributed by atoms with Crippen LogP contribution in [0.5, 0.6) is 11.5 Å². The van der Waals surface area contributed by atoms with Crippen LogP contribution in [0.15, 0.2) is 48.5 Å². The van der Waals surface area contributed by atoms with E-state index in [4.69, 9.17) is 0 Å². The summed E-state index contributed by atoms with van der Waals surface area (Å²) in [6.45, 7) is 1.75. The lowest BCUT2D eigenvalue weighted by Gasteiger charge is -2.10. The molecule has 0 saturated heterocycles. The summed E-state index contributed by atoms with van der Waals surface area (Å²) < 4.78 is 49.0. The summed E-state index contributed by atoms with van der Waals surface area (Å²) in [7, 11) is 0. The topological polar surface area (TPSA) is 97.8 Å². The number of alkyl halides is 2. The Balaban J connectivity index is 1.33. The van der Waals surface area contributed by atoms with E-state index >= 15 is 0 Å². The normalized spacial score (nSPS) is 13.5. The number of amides is 1. The average Bonchev–Trinajstić information content (AvgIpc) is 3.10. The third kappa shape index (κ3) is 5.89. The first-order valence-electron chi connectivity index (χ1n) is 10.8. The van der Waals surface area contributed by atoms with Crippen molar-refractivity contribution in [3.63, 3.8) is 0 Å². The van der Waals surface area contributed by atoms with E-state index in [0.29, 0.717) is 30.5 Å². The molecule has 182 valence electrons. The fourth-order valence-electron chi connectivity index (χ4n) is 3.71. The number of hydrogen-bond acceptors (Lipinski definition) is 5. The van der Waals surface area contributed by atoms with Crippen molar-refractivity contribution >= 4 is 17.7 Å². The number of pyridine rings is 1. The van der Waals surface area contributed by atoms with Crippen molar-refractivity contribution in [1.82, 2.24) is 4.98 Å². The zero-order valence-electron chi connectivity index (χ0n) is 18.6. The molecule has 10 heteroatoms. The average molecular weight is 486 g/mol. The van der Waals surface area contributed by atoms with Crippen LogP contribution in [0.3, 0.4) is 0 Å². The van der Waals surface area contributed by atoms with Crippen LogP contribution in [0.1, 0.15) is 40.7 Å². The number of carbonyl (C=O) groups is 2.